The minimum Gasteiger partial charge on any atom is -0.379 e. The van der Waals surface area contributed by atoms with Gasteiger partial charge in [0.15, 0.2) is 9.84 Å². The maximum Gasteiger partial charge on any atom is 0.258 e. The Kier molecular flexibility index (Phi) is 5.91. The molecule has 0 aliphatic carbocycles. The predicted molar refractivity (Wildman–Crippen MR) is 116 cm³/mol. The number of hydrogen-bond acceptors (Lipinski definition) is 6. The SMILES string of the molecule is CS(=O)(=O)c1ccc2c(c1)CCCN2C(=O)c1cccc(S(=O)(=O)N2CCOCC2)c1. The predicted octanol–water partition coefficient (Wildman–Crippen LogP) is 1.70. The van der Waals surface area contributed by atoms with E-state index >= 15 is 0 Å². The van der Waals surface area contributed by atoms with E-state index in [-0.39, 0.29) is 34.4 Å². The molecule has 1 fully saturated rings. The highest BCUT2D eigenvalue weighted by atomic mass is 32.2. The molecule has 2 heterocycles. The first-order valence-electron chi connectivity index (χ1n) is 10.0. The Hall–Kier alpha value is -2.27. The molecule has 4 rings (SSSR count). The lowest BCUT2D eigenvalue weighted by atomic mass is 10.0. The molecule has 166 valence electrons. The minimum absolute atomic E-state index is 0.0740. The van der Waals surface area contributed by atoms with Crippen LogP contribution < -0.4 is 4.90 Å². The summed E-state index contributed by atoms with van der Waals surface area (Å²) in [4.78, 5) is 15.2. The molecule has 2 aliphatic heterocycles. The molecule has 0 bridgehead atoms. The Morgan fingerprint density at radius 2 is 1.68 bits per heavy atom. The summed E-state index contributed by atoms with van der Waals surface area (Å²) < 4.78 is 56.2. The number of aryl methyl sites for hydroxylation is 1. The zero-order valence-corrected chi connectivity index (χ0v) is 18.8. The van der Waals surface area contributed by atoms with Gasteiger partial charge in [-0.2, -0.15) is 4.31 Å². The van der Waals surface area contributed by atoms with Crippen molar-refractivity contribution in [1.29, 1.82) is 0 Å². The fourth-order valence-corrected chi connectivity index (χ4v) is 6.02. The van der Waals surface area contributed by atoms with Crippen LogP contribution in [0.15, 0.2) is 52.3 Å². The number of ether oxygens (including phenoxy) is 1. The molecule has 8 nitrogen and oxygen atoms in total. The van der Waals surface area contributed by atoms with E-state index in [1.54, 1.807) is 29.2 Å². The summed E-state index contributed by atoms with van der Waals surface area (Å²) in [5.74, 6) is -0.313. The molecule has 1 saturated heterocycles. The van der Waals surface area contributed by atoms with E-state index in [1.165, 1.54) is 22.5 Å². The van der Waals surface area contributed by atoms with Crippen molar-refractivity contribution in [3.63, 3.8) is 0 Å². The lowest BCUT2D eigenvalue weighted by Crippen LogP contribution is -2.40. The minimum atomic E-state index is -3.72. The van der Waals surface area contributed by atoms with Crippen LogP contribution in [0.4, 0.5) is 5.69 Å². The van der Waals surface area contributed by atoms with Gasteiger partial charge in [0, 0.05) is 37.1 Å². The van der Waals surface area contributed by atoms with Crippen molar-refractivity contribution in [2.45, 2.75) is 22.6 Å². The van der Waals surface area contributed by atoms with Crippen molar-refractivity contribution in [2.75, 3.05) is 44.0 Å². The summed E-state index contributed by atoms with van der Waals surface area (Å²) in [5, 5.41) is 0. The third kappa shape index (κ3) is 4.38. The fourth-order valence-electron chi connectivity index (χ4n) is 3.90. The Morgan fingerprint density at radius 1 is 0.935 bits per heavy atom. The molecule has 0 saturated carbocycles. The van der Waals surface area contributed by atoms with Crippen LogP contribution in [0.25, 0.3) is 0 Å². The summed E-state index contributed by atoms with van der Waals surface area (Å²) in [6.45, 7) is 1.73. The summed E-state index contributed by atoms with van der Waals surface area (Å²) >= 11 is 0. The van der Waals surface area contributed by atoms with E-state index in [1.807, 2.05) is 0 Å². The molecule has 0 spiro atoms. The van der Waals surface area contributed by atoms with Gasteiger partial charge in [0.1, 0.15) is 0 Å². The number of amides is 1. The topological polar surface area (TPSA) is 101 Å². The van der Waals surface area contributed by atoms with Crippen molar-refractivity contribution >= 4 is 31.5 Å². The fraction of sp³-hybridized carbons (Fsp3) is 0.381. The molecule has 0 N–H and O–H groups in total. The average molecular weight is 465 g/mol. The average Bonchev–Trinajstić information content (AvgIpc) is 2.78. The Bertz CT molecular complexity index is 1220. The van der Waals surface area contributed by atoms with E-state index < -0.39 is 19.9 Å². The first kappa shape index (κ1) is 21.9. The number of hydrogen-bond donors (Lipinski definition) is 0. The van der Waals surface area contributed by atoms with Gasteiger partial charge >= 0.3 is 0 Å². The van der Waals surface area contributed by atoms with Crippen molar-refractivity contribution in [2.24, 2.45) is 0 Å². The molecule has 1 amide bonds. The van der Waals surface area contributed by atoms with Gasteiger partial charge in [-0.3, -0.25) is 4.79 Å². The maximum absolute atomic E-state index is 13.3. The van der Waals surface area contributed by atoms with E-state index in [0.29, 0.717) is 38.3 Å². The summed E-state index contributed by atoms with van der Waals surface area (Å²) in [6, 6.07) is 10.8. The Morgan fingerprint density at radius 3 is 2.39 bits per heavy atom. The lowest BCUT2D eigenvalue weighted by molar-refractivity contribution is 0.0730. The smallest absolute Gasteiger partial charge is 0.258 e. The van der Waals surface area contributed by atoms with Crippen LogP contribution in [0.3, 0.4) is 0 Å². The third-order valence-electron chi connectivity index (χ3n) is 5.53. The van der Waals surface area contributed by atoms with Gasteiger partial charge in [-0.05, 0) is 54.8 Å². The van der Waals surface area contributed by atoms with Crippen molar-refractivity contribution < 1.29 is 26.4 Å². The van der Waals surface area contributed by atoms with Gasteiger partial charge in [-0.25, -0.2) is 16.8 Å². The zero-order valence-electron chi connectivity index (χ0n) is 17.2. The molecular formula is C21H24N2O6S2. The zero-order chi connectivity index (χ0) is 22.2. The molecule has 2 aliphatic rings. The Labute approximate surface area is 182 Å². The number of sulfonamides is 1. The van der Waals surface area contributed by atoms with E-state index in [9.17, 15) is 21.6 Å². The highest BCUT2D eigenvalue weighted by Gasteiger charge is 2.29. The summed E-state index contributed by atoms with van der Waals surface area (Å²) in [5.41, 5.74) is 1.72. The number of fused-ring (bicyclic) bond motifs is 1. The second-order valence-electron chi connectivity index (χ2n) is 7.67. The van der Waals surface area contributed by atoms with Gasteiger partial charge in [-0.15, -0.1) is 0 Å². The number of rotatable bonds is 4. The number of nitrogens with zero attached hydrogens (tertiary/aromatic N) is 2. The van der Waals surface area contributed by atoms with Crippen molar-refractivity contribution in [3.8, 4) is 0 Å². The molecule has 2 aromatic carbocycles. The van der Waals surface area contributed by atoms with Gasteiger partial charge in [-0.1, -0.05) is 6.07 Å². The summed E-state index contributed by atoms with van der Waals surface area (Å²) in [6.07, 6.45) is 2.52. The van der Waals surface area contributed by atoms with Gasteiger partial charge in [0.05, 0.1) is 23.0 Å². The second-order valence-corrected chi connectivity index (χ2v) is 11.6. The Balaban J connectivity index is 1.65. The van der Waals surface area contributed by atoms with Gasteiger partial charge in [0.25, 0.3) is 5.91 Å². The molecule has 0 aromatic heterocycles. The van der Waals surface area contributed by atoms with Gasteiger partial charge < -0.3 is 9.64 Å². The number of benzene rings is 2. The van der Waals surface area contributed by atoms with Crippen LogP contribution in [0.5, 0.6) is 0 Å². The maximum atomic E-state index is 13.3. The van der Waals surface area contributed by atoms with Crippen molar-refractivity contribution in [1.82, 2.24) is 4.31 Å². The molecule has 0 atom stereocenters. The van der Waals surface area contributed by atoms with E-state index in [2.05, 4.69) is 0 Å². The largest absolute Gasteiger partial charge is 0.379 e. The van der Waals surface area contributed by atoms with Crippen LogP contribution in [0.1, 0.15) is 22.3 Å². The number of carbonyl (C=O) groups is 1. The van der Waals surface area contributed by atoms with Crippen LogP contribution >= 0.6 is 0 Å². The lowest BCUT2D eigenvalue weighted by Gasteiger charge is -2.30. The first-order chi connectivity index (χ1) is 14.7. The summed E-state index contributed by atoms with van der Waals surface area (Å²) in [7, 11) is -7.06. The quantitative estimate of drug-likeness (QED) is 0.683. The molecule has 0 radical (unpaired) electrons. The number of morpholine rings is 1. The van der Waals surface area contributed by atoms with Crippen LogP contribution in [-0.2, 0) is 31.0 Å². The molecule has 10 heteroatoms. The normalized spacial score (nSPS) is 17.9. The monoisotopic (exact) mass is 464 g/mol. The van der Waals surface area contributed by atoms with E-state index in [0.717, 1.165) is 11.8 Å². The van der Waals surface area contributed by atoms with Crippen LogP contribution in [0.2, 0.25) is 0 Å². The highest BCUT2D eigenvalue weighted by Crippen LogP contribution is 2.31. The highest BCUT2D eigenvalue weighted by molar-refractivity contribution is 7.90. The number of sulfone groups is 1. The standard InChI is InChI=1S/C21H24N2O6S2/c1-30(25,26)18-7-8-20-16(14-18)5-3-9-23(20)21(24)17-4-2-6-19(15-17)31(27,28)22-10-12-29-13-11-22/h2,4,6-8,14-15H,3,5,9-13H2,1H3. The van der Waals surface area contributed by atoms with Gasteiger partial charge in [0.2, 0.25) is 10.0 Å². The molecular weight excluding hydrogens is 440 g/mol. The van der Waals surface area contributed by atoms with Crippen LogP contribution in [-0.4, -0.2) is 66.2 Å². The number of carbonyl (C=O) groups excluding carboxylic acids is 1. The third-order valence-corrected chi connectivity index (χ3v) is 8.54. The number of anilines is 1. The second kappa shape index (κ2) is 8.34. The molecule has 31 heavy (non-hydrogen) atoms. The first-order valence-corrected chi connectivity index (χ1v) is 13.3. The van der Waals surface area contributed by atoms with Crippen molar-refractivity contribution in [3.05, 3.63) is 53.6 Å². The molecule has 2 aromatic rings. The molecule has 0 unspecified atom stereocenters. The van der Waals surface area contributed by atoms with E-state index in [4.69, 9.17) is 4.74 Å². The van der Waals surface area contributed by atoms with Crippen LogP contribution in [0, 0.1) is 0 Å².